The summed E-state index contributed by atoms with van der Waals surface area (Å²) in [7, 11) is -4.02. The SMILES string of the molecule is O=C(Nc1ccc(F)c(S(=O)(=O)N2CCOCC2)c1)C1CC1c1ccc(Cl)c(Cl)c1. The van der Waals surface area contributed by atoms with Crippen molar-refractivity contribution in [3.05, 3.63) is 57.8 Å². The molecule has 1 heterocycles. The first kappa shape index (κ1) is 21.5. The topological polar surface area (TPSA) is 75.7 Å². The van der Waals surface area contributed by atoms with Gasteiger partial charge >= 0.3 is 0 Å². The average Bonchev–Trinajstić information content (AvgIpc) is 3.53. The minimum absolute atomic E-state index is 0.0109. The van der Waals surface area contributed by atoms with Crippen LogP contribution in [0.4, 0.5) is 10.1 Å². The van der Waals surface area contributed by atoms with Crippen LogP contribution in [0.2, 0.25) is 10.0 Å². The summed E-state index contributed by atoms with van der Waals surface area (Å²) in [5, 5.41) is 3.57. The molecule has 1 aliphatic heterocycles. The molecule has 0 radical (unpaired) electrons. The number of hydrogen-bond acceptors (Lipinski definition) is 4. The van der Waals surface area contributed by atoms with Crippen LogP contribution in [0, 0.1) is 11.7 Å². The Kier molecular flexibility index (Phi) is 6.05. The van der Waals surface area contributed by atoms with E-state index in [1.165, 1.54) is 10.4 Å². The van der Waals surface area contributed by atoms with Crippen LogP contribution in [0.25, 0.3) is 0 Å². The first-order chi connectivity index (χ1) is 14.3. The third-order valence-electron chi connectivity index (χ3n) is 5.29. The van der Waals surface area contributed by atoms with Gasteiger partial charge in [-0.25, -0.2) is 12.8 Å². The van der Waals surface area contributed by atoms with Gasteiger partial charge in [0.1, 0.15) is 10.7 Å². The molecular weight excluding hydrogens is 454 g/mol. The lowest BCUT2D eigenvalue weighted by atomic mass is 10.1. The maximum Gasteiger partial charge on any atom is 0.246 e. The number of morpholine rings is 1. The molecule has 1 amide bonds. The molecule has 0 aromatic heterocycles. The van der Waals surface area contributed by atoms with E-state index in [4.69, 9.17) is 27.9 Å². The molecule has 6 nitrogen and oxygen atoms in total. The van der Waals surface area contributed by atoms with Crippen LogP contribution < -0.4 is 5.32 Å². The van der Waals surface area contributed by atoms with Crippen molar-refractivity contribution in [2.45, 2.75) is 17.2 Å². The van der Waals surface area contributed by atoms with Gasteiger partial charge in [0.15, 0.2) is 0 Å². The van der Waals surface area contributed by atoms with Gasteiger partial charge in [-0.1, -0.05) is 29.3 Å². The molecule has 2 aromatic carbocycles. The van der Waals surface area contributed by atoms with Crippen molar-refractivity contribution in [2.24, 2.45) is 5.92 Å². The minimum Gasteiger partial charge on any atom is -0.379 e. The zero-order valence-electron chi connectivity index (χ0n) is 15.8. The lowest BCUT2D eigenvalue weighted by Gasteiger charge is -2.26. The Morgan fingerprint density at radius 2 is 1.83 bits per heavy atom. The smallest absolute Gasteiger partial charge is 0.246 e. The minimum atomic E-state index is -4.02. The number of benzene rings is 2. The molecule has 10 heteroatoms. The molecule has 30 heavy (non-hydrogen) atoms. The Labute approximate surface area is 184 Å². The van der Waals surface area contributed by atoms with Gasteiger partial charge in [0.05, 0.1) is 23.3 Å². The number of anilines is 1. The Hall–Kier alpha value is -1.71. The summed E-state index contributed by atoms with van der Waals surface area (Å²) in [6, 6.07) is 8.82. The maximum absolute atomic E-state index is 14.3. The predicted octanol–water partition coefficient (Wildman–Crippen LogP) is 3.90. The van der Waals surface area contributed by atoms with Crippen molar-refractivity contribution in [3.8, 4) is 0 Å². The third kappa shape index (κ3) is 4.33. The lowest BCUT2D eigenvalue weighted by molar-refractivity contribution is -0.117. The molecule has 160 valence electrons. The van der Waals surface area contributed by atoms with E-state index in [0.717, 1.165) is 17.7 Å². The zero-order chi connectivity index (χ0) is 21.5. The van der Waals surface area contributed by atoms with E-state index in [9.17, 15) is 17.6 Å². The van der Waals surface area contributed by atoms with Crippen molar-refractivity contribution in [3.63, 3.8) is 0 Å². The van der Waals surface area contributed by atoms with Gasteiger partial charge in [-0.2, -0.15) is 4.31 Å². The first-order valence-corrected chi connectivity index (χ1v) is 11.6. The second kappa shape index (κ2) is 8.43. The van der Waals surface area contributed by atoms with E-state index in [1.807, 2.05) is 6.07 Å². The molecule has 2 aromatic rings. The molecule has 0 bridgehead atoms. The highest BCUT2D eigenvalue weighted by molar-refractivity contribution is 7.89. The highest BCUT2D eigenvalue weighted by atomic mass is 35.5. The lowest BCUT2D eigenvalue weighted by Crippen LogP contribution is -2.40. The number of hydrogen-bond donors (Lipinski definition) is 1. The summed E-state index contributed by atoms with van der Waals surface area (Å²) in [6.45, 7) is 0.835. The van der Waals surface area contributed by atoms with Gasteiger partial charge in [0.25, 0.3) is 0 Å². The summed E-state index contributed by atoms with van der Waals surface area (Å²) in [6.07, 6.45) is 0.643. The first-order valence-electron chi connectivity index (χ1n) is 9.40. The molecule has 1 saturated carbocycles. The van der Waals surface area contributed by atoms with Crippen LogP contribution in [-0.4, -0.2) is 44.9 Å². The number of carbonyl (C=O) groups is 1. The fourth-order valence-corrected chi connectivity index (χ4v) is 5.34. The fraction of sp³-hybridized carbons (Fsp3) is 0.350. The van der Waals surface area contributed by atoms with Crippen LogP contribution >= 0.6 is 23.2 Å². The molecule has 1 aliphatic carbocycles. The molecule has 2 unspecified atom stereocenters. The summed E-state index contributed by atoms with van der Waals surface area (Å²) >= 11 is 12.0. The summed E-state index contributed by atoms with van der Waals surface area (Å²) in [5.41, 5.74) is 1.15. The predicted molar refractivity (Wildman–Crippen MR) is 112 cm³/mol. The van der Waals surface area contributed by atoms with Crippen molar-refractivity contribution >= 4 is 44.8 Å². The molecule has 2 fully saturated rings. The number of nitrogens with zero attached hydrogens (tertiary/aromatic N) is 1. The molecule has 0 spiro atoms. The number of carbonyl (C=O) groups excluding carboxylic acids is 1. The molecule has 1 saturated heterocycles. The number of nitrogens with one attached hydrogen (secondary N) is 1. The maximum atomic E-state index is 14.3. The van der Waals surface area contributed by atoms with Crippen LogP contribution in [-0.2, 0) is 19.6 Å². The van der Waals surface area contributed by atoms with Gasteiger partial charge < -0.3 is 10.1 Å². The van der Waals surface area contributed by atoms with Crippen molar-refractivity contribution in [1.29, 1.82) is 0 Å². The van der Waals surface area contributed by atoms with Crippen LogP contribution in [0.1, 0.15) is 17.9 Å². The number of sulfonamides is 1. The number of ether oxygens (including phenoxy) is 1. The van der Waals surface area contributed by atoms with Crippen molar-refractivity contribution < 1.29 is 22.3 Å². The summed E-state index contributed by atoms with van der Waals surface area (Å²) in [5.74, 6) is -1.38. The van der Waals surface area contributed by atoms with Crippen molar-refractivity contribution in [2.75, 3.05) is 31.6 Å². The molecule has 2 atom stereocenters. The van der Waals surface area contributed by atoms with Gasteiger partial charge in [-0.15, -0.1) is 0 Å². The molecule has 4 rings (SSSR count). The Morgan fingerprint density at radius 3 is 2.53 bits per heavy atom. The van der Waals surface area contributed by atoms with E-state index in [0.29, 0.717) is 16.5 Å². The normalized spacial score (nSPS) is 22.0. The highest BCUT2D eigenvalue weighted by Gasteiger charge is 2.44. The standard InChI is InChI=1S/C20H19Cl2FN2O4S/c21-16-3-1-12(9-17(16)22)14-11-15(14)20(26)24-13-2-4-18(23)19(10-13)30(27,28)25-5-7-29-8-6-25/h1-4,9-10,14-15H,5-8,11H2,(H,24,26). The Morgan fingerprint density at radius 1 is 1.10 bits per heavy atom. The van der Waals surface area contributed by atoms with Gasteiger partial charge in [-0.05, 0) is 48.2 Å². The number of rotatable bonds is 5. The second-order valence-corrected chi connectivity index (χ2v) is 9.99. The fourth-order valence-electron chi connectivity index (χ4n) is 3.54. The second-order valence-electron chi connectivity index (χ2n) is 7.27. The molecular formula is C20H19Cl2FN2O4S. The van der Waals surface area contributed by atoms with E-state index in [1.54, 1.807) is 12.1 Å². The van der Waals surface area contributed by atoms with Crippen LogP contribution in [0.3, 0.4) is 0 Å². The number of halogens is 3. The monoisotopic (exact) mass is 472 g/mol. The summed E-state index contributed by atoms with van der Waals surface area (Å²) in [4.78, 5) is 12.2. The van der Waals surface area contributed by atoms with Gasteiger partial charge in [0.2, 0.25) is 15.9 Å². The van der Waals surface area contributed by atoms with Crippen LogP contribution in [0.15, 0.2) is 41.3 Å². The van der Waals surface area contributed by atoms with E-state index in [-0.39, 0.29) is 49.7 Å². The Bertz CT molecular complexity index is 1090. The van der Waals surface area contributed by atoms with Gasteiger partial charge in [0, 0.05) is 24.7 Å². The highest BCUT2D eigenvalue weighted by Crippen LogP contribution is 2.49. The van der Waals surface area contributed by atoms with E-state index >= 15 is 0 Å². The quantitative estimate of drug-likeness (QED) is 0.715. The zero-order valence-corrected chi connectivity index (χ0v) is 18.1. The number of amides is 1. The largest absolute Gasteiger partial charge is 0.379 e. The molecule has 2 aliphatic rings. The van der Waals surface area contributed by atoms with E-state index < -0.39 is 20.7 Å². The van der Waals surface area contributed by atoms with E-state index in [2.05, 4.69) is 5.32 Å². The molecule has 1 N–H and O–H groups in total. The Balaban J connectivity index is 1.48. The van der Waals surface area contributed by atoms with Gasteiger partial charge in [-0.3, -0.25) is 4.79 Å². The summed E-state index contributed by atoms with van der Waals surface area (Å²) < 4.78 is 46.2. The van der Waals surface area contributed by atoms with Crippen molar-refractivity contribution in [1.82, 2.24) is 4.31 Å². The third-order valence-corrected chi connectivity index (χ3v) is 7.94. The van der Waals surface area contributed by atoms with Crippen LogP contribution in [0.5, 0.6) is 0 Å². The average molecular weight is 473 g/mol.